The van der Waals surface area contributed by atoms with Crippen LogP contribution in [0.3, 0.4) is 0 Å². The van der Waals surface area contributed by atoms with Crippen LogP contribution in [0.15, 0.2) is 58.9 Å². The molecule has 4 rings (SSSR count). The molecule has 28 heavy (non-hydrogen) atoms. The van der Waals surface area contributed by atoms with E-state index in [9.17, 15) is 4.79 Å². The van der Waals surface area contributed by atoms with Crippen LogP contribution >= 0.6 is 23.1 Å². The summed E-state index contributed by atoms with van der Waals surface area (Å²) in [4.78, 5) is 15.0. The average molecular weight is 411 g/mol. The zero-order valence-electron chi connectivity index (χ0n) is 15.8. The minimum atomic E-state index is -0.219. The SMILES string of the molecule is C[C@@H]1Cc2ccccc2N1C(=O)[C@@H](C)Sc1nnc(NCc2ccccc2)s1. The fourth-order valence-electron chi connectivity index (χ4n) is 3.40. The summed E-state index contributed by atoms with van der Waals surface area (Å²) in [7, 11) is 0. The van der Waals surface area contributed by atoms with Gasteiger partial charge in [-0.1, -0.05) is 71.6 Å². The number of fused-ring (bicyclic) bond motifs is 1. The lowest BCUT2D eigenvalue weighted by Crippen LogP contribution is -2.40. The van der Waals surface area contributed by atoms with Gasteiger partial charge in [0.05, 0.1) is 5.25 Å². The van der Waals surface area contributed by atoms with E-state index in [1.165, 1.54) is 34.2 Å². The number of amides is 1. The second-order valence-electron chi connectivity index (χ2n) is 6.86. The Kier molecular flexibility index (Phi) is 5.64. The molecule has 1 aliphatic rings. The Morgan fingerprint density at radius 1 is 1.21 bits per heavy atom. The number of hydrogen-bond donors (Lipinski definition) is 1. The van der Waals surface area contributed by atoms with Gasteiger partial charge in [-0.15, -0.1) is 10.2 Å². The van der Waals surface area contributed by atoms with Gasteiger partial charge in [0.1, 0.15) is 0 Å². The molecule has 0 bridgehead atoms. The van der Waals surface area contributed by atoms with Crippen molar-refractivity contribution < 1.29 is 4.79 Å². The molecule has 3 aromatic rings. The van der Waals surface area contributed by atoms with Crippen molar-refractivity contribution >= 4 is 39.8 Å². The van der Waals surface area contributed by atoms with E-state index in [0.717, 1.165) is 21.6 Å². The first-order chi connectivity index (χ1) is 13.6. The molecule has 0 saturated carbocycles. The number of benzene rings is 2. The highest BCUT2D eigenvalue weighted by Gasteiger charge is 2.33. The third-order valence-corrected chi connectivity index (χ3v) is 6.82. The van der Waals surface area contributed by atoms with Gasteiger partial charge in [-0.2, -0.15) is 0 Å². The van der Waals surface area contributed by atoms with Crippen molar-refractivity contribution in [3.05, 3.63) is 65.7 Å². The maximum atomic E-state index is 13.1. The number of rotatable bonds is 6. The van der Waals surface area contributed by atoms with E-state index in [2.05, 4.69) is 40.6 Å². The topological polar surface area (TPSA) is 58.1 Å². The van der Waals surface area contributed by atoms with Crippen LogP contribution in [0.2, 0.25) is 0 Å². The third kappa shape index (κ3) is 4.05. The smallest absolute Gasteiger partial charge is 0.240 e. The van der Waals surface area contributed by atoms with Crippen molar-refractivity contribution in [3.63, 3.8) is 0 Å². The van der Waals surface area contributed by atoms with Crippen LogP contribution in [0.1, 0.15) is 25.0 Å². The number of carbonyl (C=O) groups excluding carboxylic acids is 1. The molecule has 0 spiro atoms. The lowest BCUT2D eigenvalue weighted by Gasteiger charge is -2.25. The molecule has 7 heteroatoms. The number of thioether (sulfide) groups is 1. The Hall–Kier alpha value is -2.38. The van der Waals surface area contributed by atoms with E-state index >= 15 is 0 Å². The molecule has 2 aromatic carbocycles. The highest BCUT2D eigenvalue weighted by molar-refractivity contribution is 8.02. The van der Waals surface area contributed by atoms with Gasteiger partial charge in [0.2, 0.25) is 11.0 Å². The van der Waals surface area contributed by atoms with E-state index in [4.69, 9.17) is 0 Å². The first kappa shape index (κ1) is 19.0. The summed E-state index contributed by atoms with van der Waals surface area (Å²) in [5.74, 6) is 0.122. The molecule has 0 fully saturated rings. The number of nitrogens with one attached hydrogen (secondary N) is 1. The molecule has 2 atom stereocenters. The Labute approximate surface area is 173 Å². The van der Waals surface area contributed by atoms with Crippen molar-refractivity contribution in [2.24, 2.45) is 0 Å². The summed E-state index contributed by atoms with van der Waals surface area (Å²) in [6.45, 7) is 4.75. The highest BCUT2D eigenvalue weighted by Crippen LogP contribution is 2.35. The minimum absolute atomic E-state index is 0.122. The van der Waals surface area contributed by atoms with Crippen molar-refractivity contribution in [2.75, 3.05) is 10.2 Å². The number of carbonyl (C=O) groups is 1. The Morgan fingerprint density at radius 2 is 1.96 bits per heavy atom. The van der Waals surface area contributed by atoms with Crippen LogP contribution in [0.4, 0.5) is 10.8 Å². The number of nitrogens with zero attached hydrogens (tertiary/aromatic N) is 3. The Bertz CT molecular complexity index is 960. The molecule has 2 heterocycles. The van der Waals surface area contributed by atoms with Gasteiger partial charge >= 0.3 is 0 Å². The van der Waals surface area contributed by atoms with E-state index in [0.29, 0.717) is 6.54 Å². The predicted octanol–water partition coefficient (Wildman–Crippen LogP) is 4.61. The van der Waals surface area contributed by atoms with Crippen molar-refractivity contribution in [1.82, 2.24) is 10.2 Å². The first-order valence-corrected chi connectivity index (χ1v) is 11.0. The van der Waals surface area contributed by atoms with Crippen molar-refractivity contribution in [2.45, 2.75) is 42.4 Å². The molecule has 0 aliphatic carbocycles. The molecule has 1 aromatic heterocycles. The quantitative estimate of drug-likeness (QED) is 0.602. The zero-order chi connectivity index (χ0) is 19.5. The molecular weight excluding hydrogens is 388 g/mol. The van der Waals surface area contributed by atoms with Gasteiger partial charge < -0.3 is 10.2 Å². The van der Waals surface area contributed by atoms with Gasteiger partial charge in [-0.3, -0.25) is 4.79 Å². The largest absolute Gasteiger partial charge is 0.356 e. The van der Waals surface area contributed by atoms with Crippen LogP contribution in [0.5, 0.6) is 0 Å². The molecule has 1 N–H and O–H groups in total. The van der Waals surface area contributed by atoms with Crippen LogP contribution in [0, 0.1) is 0 Å². The van der Waals surface area contributed by atoms with E-state index in [1.807, 2.05) is 48.2 Å². The summed E-state index contributed by atoms with van der Waals surface area (Å²) >= 11 is 2.96. The van der Waals surface area contributed by atoms with E-state index in [1.54, 1.807) is 0 Å². The molecule has 1 aliphatic heterocycles. The lowest BCUT2D eigenvalue weighted by molar-refractivity contribution is -0.118. The first-order valence-electron chi connectivity index (χ1n) is 9.31. The second-order valence-corrected chi connectivity index (χ2v) is 9.43. The van der Waals surface area contributed by atoms with Gasteiger partial charge in [-0.05, 0) is 37.5 Å². The molecular formula is C21H22N4OS2. The zero-order valence-corrected chi connectivity index (χ0v) is 17.5. The van der Waals surface area contributed by atoms with E-state index < -0.39 is 0 Å². The summed E-state index contributed by atoms with van der Waals surface area (Å²) in [5.41, 5.74) is 3.47. The van der Waals surface area contributed by atoms with Crippen LogP contribution < -0.4 is 10.2 Å². The van der Waals surface area contributed by atoms with Crippen molar-refractivity contribution in [1.29, 1.82) is 0 Å². The summed E-state index contributed by atoms with van der Waals surface area (Å²) in [5, 5.41) is 12.3. The summed E-state index contributed by atoms with van der Waals surface area (Å²) < 4.78 is 0.802. The van der Waals surface area contributed by atoms with Gasteiger partial charge in [0, 0.05) is 18.3 Å². The summed E-state index contributed by atoms with van der Waals surface area (Å²) in [6.07, 6.45) is 0.908. The second kappa shape index (κ2) is 8.32. The number of aromatic nitrogens is 2. The van der Waals surface area contributed by atoms with Gasteiger partial charge in [-0.25, -0.2) is 0 Å². The Morgan fingerprint density at radius 3 is 2.79 bits per heavy atom. The maximum absolute atomic E-state index is 13.1. The van der Waals surface area contributed by atoms with Crippen molar-refractivity contribution in [3.8, 4) is 0 Å². The summed E-state index contributed by atoms with van der Waals surface area (Å²) in [6, 6.07) is 18.5. The predicted molar refractivity (Wildman–Crippen MR) is 116 cm³/mol. The fraction of sp³-hybridized carbons (Fsp3) is 0.286. The monoisotopic (exact) mass is 410 g/mol. The van der Waals surface area contributed by atoms with Gasteiger partial charge in [0.25, 0.3) is 0 Å². The third-order valence-electron chi connectivity index (χ3n) is 4.76. The number of hydrogen-bond acceptors (Lipinski definition) is 6. The number of anilines is 2. The highest BCUT2D eigenvalue weighted by atomic mass is 32.2. The average Bonchev–Trinajstić information content (AvgIpc) is 3.29. The standard InChI is InChI=1S/C21H22N4OS2/c1-14-12-17-10-6-7-11-18(17)25(14)19(26)15(2)27-21-24-23-20(28-21)22-13-16-8-4-3-5-9-16/h3-11,14-15H,12-13H2,1-2H3,(H,22,23)/t14-,15-/m1/s1. The molecule has 0 unspecified atom stereocenters. The lowest BCUT2D eigenvalue weighted by atomic mass is 10.1. The minimum Gasteiger partial charge on any atom is -0.356 e. The molecule has 1 amide bonds. The molecule has 0 radical (unpaired) electrons. The maximum Gasteiger partial charge on any atom is 0.240 e. The van der Waals surface area contributed by atoms with Crippen LogP contribution in [-0.4, -0.2) is 27.4 Å². The fourth-order valence-corrected chi connectivity index (χ4v) is 5.34. The molecule has 0 saturated heterocycles. The normalized spacial score (nSPS) is 16.6. The molecule has 144 valence electrons. The van der Waals surface area contributed by atoms with Gasteiger partial charge in [0.15, 0.2) is 4.34 Å². The Balaban J connectivity index is 1.38. The van der Waals surface area contributed by atoms with Crippen LogP contribution in [0.25, 0.3) is 0 Å². The van der Waals surface area contributed by atoms with Crippen LogP contribution in [-0.2, 0) is 17.8 Å². The number of para-hydroxylation sites is 1. The molecule has 5 nitrogen and oxygen atoms in total. The van der Waals surface area contributed by atoms with E-state index in [-0.39, 0.29) is 17.2 Å².